The van der Waals surface area contributed by atoms with Crippen molar-refractivity contribution < 1.29 is 13.9 Å². The van der Waals surface area contributed by atoms with Gasteiger partial charge in [-0.2, -0.15) is 0 Å². The molecule has 3 fully saturated rings. The lowest BCUT2D eigenvalue weighted by molar-refractivity contribution is 0.0993. The van der Waals surface area contributed by atoms with Gasteiger partial charge in [-0.05, 0) is 101 Å². The number of ether oxygens (including phenoxy) is 1. The number of carbonyl (C=O) groups is 1. The van der Waals surface area contributed by atoms with E-state index in [9.17, 15) is 4.79 Å². The second-order valence-corrected chi connectivity index (χ2v) is 11.2. The van der Waals surface area contributed by atoms with E-state index in [2.05, 4.69) is 21.6 Å². The Labute approximate surface area is 227 Å². The molecule has 2 aromatic rings. The van der Waals surface area contributed by atoms with Gasteiger partial charge in [0.05, 0.1) is 12.3 Å². The number of unbranched alkanes of at least 4 members (excludes halogenated alkanes) is 1. The molecule has 2 unspecified atom stereocenters. The standard InChI is InChI=1S/C31H43FN4O2/c1-3-4-20-38-28-12-9-24(10-13-28)31(37)33(2)25-11-14-30(29(32)21-25)35-19-15-27(23-35)36-18-7-8-26(36)22-34-16-5-6-17-34/h9-14,21,26-27H,3-8,15-20,22-23H2,1-2H3. The number of likely N-dealkylation sites (tertiary alicyclic amines) is 2. The van der Waals surface area contributed by atoms with Crippen molar-refractivity contribution in [2.75, 3.05) is 62.7 Å². The van der Waals surface area contributed by atoms with Gasteiger partial charge in [0.2, 0.25) is 0 Å². The first kappa shape index (κ1) is 26.9. The van der Waals surface area contributed by atoms with E-state index in [1.165, 1.54) is 56.3 Å². The van der Waals surface area contributed by atoms with Crippen LogP contribution in [0.4, 0.5) is 15.8 Å². The molecule has 0 saturated carbocycles. The Bertz CT molecular complexity index is 1070. The Morgan fingerprint density at radius 3 is 2.55 bits per heavy atom. The third-order valence-electron chi connectivity index (χ3n) is 8.55. The van der Waals surface area contributed by atoms with Crippen molar-refractivity contribution >= 4 is 17.3 Å². The number of nitrogens with zero attached hydrogens (tertiary/aromatic N) is 4. The number of rotatable bonds is 10. The molecule has 7 heteroatoms. The van der Waals surface area contributed by atoms with Gasteiger partial charge in [-0.3, -0.25) is 9.69 Å². The van der Waals surface area contributed by atoms with Crippen LogP contribution in [-0.2, 0) is 0 Å². The van der Waals surface area contributed by atoms with E-state index in [4.69, 9.17) is 4.74 Å². The van der Waals surface area contributed by atoms with Crippen molar-refractivity contribution in [3.63, 3.8) is 0 Å². The molecule has 0 radical (unpaired) electrons. The molecular weight excluding hydrogens is 479 g/mol. The fourth-order valence-corrected chi connectivity index (χ4v) is 6.33. The van der Waals surface area contributed by atoms with E-state index in [0.717, 1.165) is 44.6 Å². The van der Waals surface area contributed by atoms with Crippen molar-refractivity contribution in [1.82, 2.24) is 9.80 Å². The lowest BCUT2D eigenvalue weighted by Crippen LogP contribution is -2.45. The summed E-state index contributed by atoms with van der Waals surface area (Å²) >= 11 is 0. The molecule has 6 nitrogen and oxygen atoms in total. The van der Waals surface area contributed by atoms with E-state index in [1.807, 2.05) is 24.3 Å². The summed E-state index contributed by atoms with van der Waals surface area (Å²) in [7, 11) is 1.70. The molecule has 38 heavy (non-hydrogen) atoms. The number of amides is 1. The van der Waals surface area contributed by atoms with Gasteiger partial charge in [-0.25, -0.2) is 4.39 Å². The molecule has 2 aromatic carbocycles. The van der Waals surface area contributed by atoms with Crippen LogP contribution in [-0.4, -0.2) is 80.7 Å². The number of halogens is 1. The van der Waals surface area contributed by atoms with Crippen LogP contribution in [0.5, 0.6) is 5.75 Å². The predicted molar refractivity (Wildman–Crippen MR) is 152 cm³/mol. The highest BCUT2D eigenvalue weighted by atomic mass is 19.1. The minimum atomic E-state index is -0.266. The summed E-state index contributed by atoms with van der Waals surface area (Å²) in [5.74, 6) is 0.322. The maximum absolute atomic E-state index is 15.4. The Kier molecular flexibility index (Phi) is 8.85. The molecule has 3 aliphatic heterocycles. The summed E-state index contributed by atoms with van der Waals surface area (Å²) in [5, 5.41) is 0. The maximum Gasteiger partial charge on any atom is 0.258 e. The van der Waals surface area contributed by atoms with Crippen LogP contribution in [0.2, 0.25) is 0 Å². The number of anilines is 2. The summed E-state index contributed by atoms with van der Waals surface area (Å²) < 4.78 is 21.1. The minimum absolute atomic E-state index is 0.170. The fraction of sp³-hybridized carbons (Fsp3) is 0.581. The predicted octanol–water partition coefficient (Wildman–Crippen LogP) is 5.42. The average molecular weight is 523 g/mol. The van der Waals surface area contributed by atoms with Gasteiger partial charge in [-0.15, -0.1) is 0 Å². The SMILES string of the molecule is CCCCOc1ccc(C(=O)N(C)c2ccc(N3CCC(N4CCCC4CN4CCCC4)C3)c(F)c2)cc1. The topological polar surface area (TPSA) is 39.3 Å². The van der Waals surface area contributed by atoms with Crippen LogP contribution in [0.1, 0.15) is 62.2 Å². The molecule has 0 N–H and O–H groups in total. The minimum Gasteiger partial charge on any atom is -0.494 e. The molecule has 0 aliphatic carbocycles. The van der Waals surface area contributed by atoms with Gasteiger partial charge in [0.25, 0.3) is 5.91 Å². The molecule has 206 valence electrons. The average Bonchev–Trinajstić information content (AvgIpc) is 3.71. The zero-order valence-corrected chi connectivity index (χ0v) is 23.1. The van der Waals surface area contributed by atoms with Crippen molar-refractivity contribution in [2.24, 2.45) is 0 Å². The van der Waals surface area contributed by atoms with Gasteiger partial charge in [0, 0.05) is 50.0 Å². The van der Waals surface area contributed by atoms with Gasteiger partial charge in [0.1, 0.15) is 11.6 Å². The van der Waals surface area contributed by atoms with Crippen molar-refractivity contribution in [1.29, 1.82) is 0 Å². The van der Waals surface area contributed by atoms with Crippen LogP contribution < -0.4 is 14.5 Å². The largest absolute Gasteiger partial charge is 0.494 e. The third-order valence-corrected chi connectivity index (χ3v) is 8.55. The maximum atomic E-state index is 15.4. The number of hydrogen-bond donors (Lipinski definition) is 0. The molecule has 0 bridgehead atoms. The van der Waals surface area contributed by atoms with E-state index in [0.29, 0.717) is 35.6 Å². The van der Waals surface area contributed by atoms with Gasteiger partial charge < -0.3 is 19.4 Å². The van der Waals surface area contributed by atoms with E-state index in [-0.39, 0.29) is 11.7 Å². The van der Waals surface area contributed by atoms with Crippen LogP contribution >= 0.6 is 0 Å². The van der Waals surface area contributed by atoms with E-state index < -0.39 is 0 Å². The number of benzene rings is 2. The Hall–Kier alpha value is -2.64. The summed E-state index contributed by atoms with van der Waals surface area (Å²) in [6.45, 7) is 9.38. The molecule has 5 rings (SSSR count). The first-order chi connectivity index (χ1) is 18.5. The second kappa shape index (κ2) is 12.5. The van der Waals surface area contributed by atoms with Gasteiger partial charge in [-0.1, -0.05) is 13.3 Å². The Morgan fingerprint density at radius 1 is 1.03 bits per heavy atom. The zero-order chi connectivity index (χ0) is 26.5. The fourth-order valence-electron chi connectivity index (χ4n) is 6.33. The molecule has 1 amide bonds. The highest BCUT2D eigenvalue weighted by Gasteiger charge is 2.36. The lowest BCUT2D eigenvalue weighted by Gasteiger charge is -2.33. The molecule has 3 saturated heterocycles. The summed E-state index contributed by atoms with van der Waals surface area (Å²) in [5.41, 5.74) is 1.75. The molecular formula is C31H43FN4O2. The van der Waals surface area contributed by atoms with Crippen LogP contribution in [0.15, 0.2) is 42.5 Å². The monoisotopic (exact) mass is 522 g/mol. The second-order valence-electron chi connectivity index (χ2n) is 11.2. The highest BCUT2D eigenvalue weighted by molar-refractivity contribution is 6.05. The molecule has 2 atom stereocenters. The van der Waals surface area contributed by atoms with Crippen molar-refractivity contribution in [2.45, 2.75) is 64.0 Å². The molecule has 0 aromatic heterocycles. The van der Waals surface area contributed by atoms with Crippen LogP contribution in [0.25, 0.3) is 0 Å². The van der Waals surface area contributed by atoms with E-state index in [1.54, 1.807) is 19.2 Å². The summed E-state index contributed by atoms with van der Waals surface area (Å²) in [4.78, 5) is 22.1. The molecule has 0 spiro atoms. The quantitative estimate of drug-likeness (QED) is 0.390. The smallest absolute Gasteiger partial charge is 0.258 e. The third kappa shape index (κ3) is 6.15. The highest BCUT2D eigenvalue weighted by Crippen LogP contribution is 2.32. The zero-order valence-electron chi connectivity index (χ0n) is 23.1. The number of carbonyl (C=O) groups excluding carboxylic acids is 1. The number of hydrogen-bond acceptors (Lipinski definition) is 5. The van der Waals surface area contributed by atoms with Gasteiger partial charge >= 0.3 is 0 Å². The van der Waals surface area contributed by atoms with Crippen molar-refractivity contribution in [3.05, 3.63) is 53.8 Å². The lowest BCUT2D eigenvalue weighted by atomic mass is 10.1. The van der Waals surface area contributed by atoms with Crippen LogP contribution in [0, 0.1) is 5.82 Å². The Balaban J connectivity index is 1.19. The van der Waals surface area contributed by atoms with Crippen LogP contribution in [0.3, 0.4) is 0 Å². The first-order valence-corrected chi connectivity index (χ1v) is 14.6. The van der Waals surface area contributed by atoms with Gasteiger partial charge in [0.15, 0.2) is 0 Å². The first-order valence-electron chi connectivity index (χ1n) is 14.6. The molecule has 3 heterocycles. The summed E-state index contributed by atoms with van der Waals surface area (Å²) in [6.07, 6.45) is 8.38. The Morgan fingerprint density at radius 2 is 1.82 bits per heavy atom. The van der Waals surface area contributed by atoms with E-state index >= 15 is 4.39 Å². The summed E-state index contributed by atoms with van der Waals surface area (Å²) in [6, 6.07) is 13.5. The van der Waals surface area contributed by atoms with Crippen molar-refractivity contribution in [3.8, 4) is 5.75 Å². The normalized spacial score (nSPS) is 22.3. The molecule has 3 aliphatic rings.